The molecule has 1 aliphatic heterocycles. The van der Waals surface area contributed by atoms with E-state index in [0.29, 0.717) is 13.2 Å². The van der Waals surface area contributed by atoms with Crippen molar-refractivity contribution in [3.05, 3.63) is 59.7 Å². The molecule has 1 amide bonds. The smallest absolute Gasteiger partial charge is 0.307 e. The van der Waals surface area contributed by atoms with Crippen molar-refractivity contribution in [3.63, 3.8) is 0 Å². The van der Waals surface area contributed by atoms with Crippen molar-refractivity contribution < 1.29 is 32.2 Å². The number of rotatable bonds is 9. The summed E-state index contributed by atoms with van der Waals surface area (Å²) in [6.45, 7) is 1.44. The molecule has 2 aromatic rings. The van der Waals surface area contributed by atoms with Crippen LogP contribution < -0.4 is 4.74 Å². The third-order valence-corrected chi connectivity index (χ3v) is 7.24. The molecule has 1 fully saturated rings. The molecular formula is C23H28N2O7S. The number of carbonyl (C=O) groups is 2. The Hall–Kier alpha value is -2.95. The predicted octanol–water partition coefficient (Wildman–Crippen LogP) is 1.92. The third-order valence-electron chi connectivity index (χ3n) is 5.32. The molecule has 1 aliphatic rings. The Labute approximate surface area is 193 Å². The van der Waals surface area contributed by atoms with Crippen molar-refractivity contribution in [1.29, 1.82) is 0 Å². The van der Waals surface area contributed by atoms with Crippen LogP contribution >= 0.6 is 0 Å². The standard InChI is InChI=1S/C23H28N2O7S/c1-30-20-9-8-19(16-21(20)33(28,29)25-12-14-32-15-13-25)23(27)24(11-10-22(26)31-2)17-18-6-4-3-5-7-18/h3-9,16H,10-15,17H2,1-2H3. The van der Waals surface area contributed by atoms with E-state index in [1.54, 1.807) is 0 Å². The van der Waals surface area contributed by atoms with Gasteiger partial charge in [0, 0.05) is 31.7 Å². The minimum absolute atomic E-state index is 0.0180. The number of hydrogen-bond acceptors (Lipinski definition) is 7. The van der Waals surface area contributed by atoms with Crippen LogP contribution in [0, 0.1) is 0 Å². The number of morpholine rings is 1. The second-order valence-electron chi connectivity index (χ2n) is 7.42. The van der Waals surface area contributed by atoms with Gasteiger partial charge in [0.1, 0.15) is 10.6 Å². The van der Waals surface area contributed by atoms with Crippen LogP contribution in [0.2, 0.25) is 0 Å². The van der Waals surface area contributed by atoms with E-state index < -0.39 is 21.9 Å². The number of carbonyl (C=O) groups excluding carboxylic acids is 2. The normalized spacial score (nSPS) is 14.5. The molecule has 1 saturated heterocycles. The summed E-state index contributed by atoms with van der Waals surface area (Å²) in [5.41, 5.74) is 1.06. The van der Waals surface area contributed by atoms with E-state index in [-0.39, 0.29) is 48.8 Å². The summed E-state index contributed by atoms with van der Waals surface area (Å²) in [5.74, 6) is -0.683. The Morgan fingerprint density at radius 1 is 1.06 bits per heavy atom. The zero-order valence-corrected chi connectivity index (χ0v) is 19.5. The molecule has 0 N–H and O–H groups in total. The average molecular weight is 477 g/mol. The first-order valence-electron chi connectivity index (χ1n) is 10.5. The minimum Gasteiger partial charge on any atom is -0.495 e. The molecule has 9 nitrogen and oxygen atoms in total. The summed E-state index contributed by atoms with van der Waals surface area (Å²) in [5, 5.41) is 0. The minimum atomic E-state index is -3.89. The largest absolute Gasteiger partial charge is 0.495 e. The van der Waals surface area contributed by atoms with Gasteiger partial charge in [-0.1, -0.05) is 30.3 Å². The number of methoxy groups -OCH3 is 2. The van der Waals surface area contributed by atoms with Gasteiger partial charge in [-0.25, -0.2) is 8.42 Å². The Kier molecular flexibility index (Phi) is 8.43. The van der Waals surface area contributed by atoms with Gasteiger partial charge in [0.25, 0.3) is 5.91 Å². The fourth-order valence-corrected chi connectivity index (χ4v) is 5.09. The lowest BCUT2D eigenvalue weighted by atomic mass is 10.1. The maximum atomic E-state index is 13.4. The molecule has 3 rings (SSSR count). The summed E-state index contributed by atoms with van der Waals surface area (Å²) in [7, 11) is -1.22. The highest BCUT2D eigenvalue weighted by Gasteiger charge is 2.30. The number of sulfonamides is 1. The Morgan fingerprint density at radius 3 is 2.39 bits per heavy atom. The van der Waals surface area contributed by atoms with Gasteiger partial charge in [0.15, 0.2) is 0 Å². The summed E-state index contributed by atoms with van der Waals surface area (Å²) in [6.07, 6.45) is 0.0180. The highest BCUT2D eigenvalue weighted by atomic mass is 32.2. The molecule has 0 spiro atoms. The quantitative estimate of drug-likeness (QED) is 0.510. The van der Waals surface area contributed by atoms with Crippen molar-refractivity contribution in [2.24, 2.45) is 0 Å². The summed E-state index contributed by atoms with van der Waals surface area (Å²) in [4.78, 5) is 26.5. The van der Waals surface area contributed by atoms with Crippen molar-refractivity contribution in [3.8, 4) is 5.75 Å². The Balaban J connectivity index is 1.93. The lowest BCUT2D eigenvalue weighted by Gasteiger charge is -2.27. The molecule has 10 heteroatoms. The second kappa shape index (κ2) is 11.3. The number of benzene rings is 2. The second-order valence-corrected chi connectivity index (χ2v) is 9.33. The molecule has 33 heavy (non-hydrogen) atoms. The van der Waals surface area contributed by atoms with Crippen LogP contribution in [0.3, 0.4) is 0 Å². The van der Waals surface area contributed by atoms with Gasteiger partial charge < -0.3 is 19.1 Å². The van der Waals surface area contributed by atoms with E-state index >= 15 is 0 Å². The third kappa shape index (κ3) is 6.10. The molecule has 0 atom stereocenters. The fourth-order valence-electron chi connectivity index (χ4n) is 3.50. The van der Waals surface area contributed by atoms with Crippen molar-refractivity contribution in [2.45, 2.75) is 17.9 Å². The lowest BCUT2D eigenvalue weighted by Crippen LogP contribution is -2.40. The molecule has 0 saturated carbocycles. The SMILES string of the molecule is COC(=O)CCN(Cc1ccccc1)C(=O)c1ccc(OC)c(S(=O)(=O)N2CCOCC2)c1. The maximum absolute atomic E-state index is 13.4. The first kappa shape index (κ1) is 24.7. The zero-order chi connectivity index (χ0) is 23.8. The molecule has 0 aliphatic carbocycles. The van der Waals surface area contributed by atoms with Gasteiger partial charge >= 0.3 is 5.97 Å². The van der Waals surface area contributed by atoms with E-state index in [2.05, 4.69) is 0 Å². The van der Waals surface area contributed by atoms with Crippen molar-refractivity contribution >= 4 is 21.9 Å². The summed E-state index contributed by atoms with van der Waals surface area (Å²) in [6, 6.07) is 13.7. The van der Waals surface area contributed by atoms with E-state index in [9.17, 15) is 18.0 Å². The highest BCUT2D eigenvalue weighted by Crippen LogP contribution is 2.29. The van der Waals surface area contributed by atoms with E-state index in [0.717, 1.165) is 5.56 Å². The molecule has 2 aromatic carbocycles. The molecule has 0 bridgehead atoms. The van der Waals surface area contributed by atoms with Gasteiger partial charge in [-0.05, 0) is 23.8 Å². The highest BCUT2D eigenvalue weighted by molar-refractivity contribution is 7.89. The molecule has 0 radical (unpaired) electrons. The fraction of sp³-hybridized carbons (Fsp3) is 0.391. The van der Waals surface area contributed by atoms with Crippen LogP contribution in [0.1, 0.15) is 22.3 Å². The van der Waals surface area contributed by atoms with Crippen LogP contribution in [0.4, 0.5) is 0 Å². The van der Waals surface area contributed by atoms with Gasteiger partial charge in [-0.15, -0.1) is 0 Å². The molecular weight excluding hydrogens is 448 g/mol. The van der Waals surface area contributed by atoms with E-state index in [4.69, 9.17) is 14.2 Å². The number of esters is 1. The van der Waals surface area contributed by atoms with Crippen LogP contribution in [0.5, 0.6) is 5.75 Å². The maximum Gasteiger partial charge on any atom is 0.307 e. The van der Waals surface area contributed by atoms with Crippen LogP contribution in [-0.2, 0) is 30.8 Å². The van der Waals surface area contributed by atoms with Gasteiger partial charge in [-0.3, -0.25) is 9.59 Å². The number of amides is 1. The Bertz CT molecular complexity index is 1070. The van der Waals surface area contributed by atoms with E-state index in [1.165, 1.54) is 41.6 Å². The first-order chi connectivity index (χ1) is 15.9. The van der Waals surface area contributed by atoms with E-state index in [1.807, 2.05) is 30.3 Å². The molecule has 0 aromatic heterocycles. The van der Waals surface area contributed by atoms with Crippen LogP contribution in [0.25, 0.3) is 0 Å². The average Bonchev–Trinajstić information content (AvgIpc) is 2.86. The number of nitrogens with zero attached hydrogens (tertiary/aromatic N) is 2. The van der Waals surface area contributed by atoms with Crippen molar-refractivity contribution in [2.75, 3.05) is 47.1 Å². The van der Waals surface area contributed by atoms with Crippen LogP contribution in [-0.4, -0.2) is 76.6 Å². The Morgan fingerprint density at radius 2 is 1.76 bits per heavy atom. The summed E-state index contributed by atoms with van der Waals surface area (Å²) >= 11 is 0. The number of hydrogen-bond donors (Lipinski definition) is 0. The topological polar surface area (TPSA) is 102 Å². The lowest BCUT2D eigenvalue weighted by molar-refractivity contribution is -0.140. The number of ether oxygens (including phenoxy) is 3. The molecule has 1 heterocycles. The van der Waals surface area contributed by atoms with Gasteiger partial charge in [0.05, 0.1) is 33.9 Å². The molecule has 0 unspecified atom stereocenters. The zero-order valence-electron chi connectivity index (χ0n) is 18.7. The predicted molar refractivity (Wildman–Crippen MR) is 120 cm³/mol. The summed E-state index contributed by atoms with van der Waals surface area (Å²) < 4.78 is 43.1. The monoisotopic (exact) mass is 476 g/mol. The van der Waals surface area contributed by atoms with Gasteiger partial charge in [-0.2, -0.15) is 4.31 Å². The van der Waals surface area contributed by atoms with Gasteiger partial charge in [0.2, 0.25) is 10.0 Å². The van der Waals surface area contributed by atoms with Crippen LogP contribution in [0.15, 0.2) is 53.4 Å². The van der Waals surface area contributed by atoms with Crippen molar-refractivity contribution in [1.82, 2.24) is 9.21 Å². The first-order valence-corrected chi connectivity index (χ1v) is 12.0. The molecule has 178 valence electrons.